The third-order valence-electron chi connectivity index (χ3n) is 0.936. The van der Waals surface area contributed by atoms with Crippen LogP contribution < -0.4 is 0 Å². The summed E-state index contributed by atoms with van der Waals surface area (Å²) in [5, 5.41) is 11.9. The minimum Gasteiger partial charge on any atom is -0.477 e. The molecule has 9 heavy (non-hydrogen) atoms. The molecule has 0 bridgehead atoms. The Labute approximate surface area is 51.7 Å². The lowest BCUT2D eigenvalue weighted by Crippen LogP contribution is -2.03. The maximum absolute atomic E-state index is 10.2. The van der Waals surface area contributed by atoms with Crippen LogP contribution in [0.1, 0.15) is 10.5 Å². The Kier molecular flexibility index (Phi) is 1.22. The molecular weight excluding hydrogens is 120 g/mol. The van der Waals surface area contributed by atoms with Crippen molar-refractivity contribution >= 4 is 5.97 Å². The van der Waals surface area contributed by atoms with Crippen LogP contribution in [-0.2, 0) is 0 Å². The Morgan fingerprint density at radius 1 is 1.89 bits per heavy atom. The van der Waals surface area contributed by atoms with Crippen LogP contribution in [-0.4, -0.2) is 20.9 Å². The fourth-order valence-electron chi connectivity index (χ4n) is 0.514. The number of hydrogen-bond donors (Lipinski definition) is 1. The highest BCUT2D eigenvalue weighted by molar-refractivity contribution is 5.85. The molecule has 0 amide bonds. The van der Waals surface area contributed by atoms with Gasteiger partial charge in [0.05, 0.1) is 7.05 Å². The first-order valence-corrected chi connectivity index (χ1v) is 2.30. The minimum absolute atomic E-state index is 0.0926. The molecular formula is C5H5N2O2. The maximum Gasteiger partial charge on any atom is 0.354 e. The Balaban J connectivity index is 3.08. The molecule has 0 fully saturated rings. The molecule has 0 spiro atoms. The fourth-order valence-corrected chi connectivity index (χ4v) is 0.514. The average Bonchev–Trinajstić information content (AvgIpc) is 2.13. The standard InChI is InChI=1S/C5H5N2O2/c1-7-4(5(8)9)2-3-6-7/h2-3H,1H2,(H,8,9). The van der Waals surface area contributed by atoms with Gasteiger partial charge in [-0.2, -0.15) is 5.10 Å². The van der Waals surface area contributed by atoms with Crippen LogP contribution in [0.5, 0.6) is 0 Å². The molecule has 1 rings (SSSR count). The monoisotopic (exact) mass is 125 g/mol. The van der Waals surface area contributed by atoms with Gasteiger partial charge in [-0.15, -0.1) is 0 Å². The number of carboxylic acid groups (broad SMARTS) is 1. The summed E-state index contributed by atoms with van der Waals surface area (Å²) in [6.07, 6.45) is 1.39. The van der Waals surface area contributed by atoms with Crippen LogP contribution in [0, 0.1) is 7.05 Å². The van der Waals surface area contributed by atoms with Gasteiger partial charge < -0.3 is 5.11 Å². The normalized spacial score (nSPS) is 9.44. The molecule has 1 radical (unpaired) electrons. The van der Waals surface area contributed by atoms with E-state index in [-0.39, 0.29) is 5.69 Å². The zero-order valence-electron chi connectivity index (χ0n) is 4.61. The van der Waals surface area contributed by atoms with Gasteiger partial charge >= 0.3 is 5.97 Å². The van der Waals surface area contributed by atoms with Crippen molar-refractivity contribution in [1.29, 1.82) is 0 Å². The lowest BCUT2D eigenvalue weighted by molar-refractivity contribution is 0.0687. The van der Waals surface area contributed by atoms with E-state index in [0.29, 0.717) is 0 Å². The van der Waals surface area contributed by atoms with Gasteiger partial charge in [-0.3, -0.25) is 4.68 Å². The highest BCUT2D eigenvalue weighted by Gasteiger charge is 2.04. The zero-order valence-corrected chi connectivity index (χ0v) is 4.61. The Bertz CT molecular complexity index is 229. The number of hydrogen-bond acceptors (Lipinski definition) is 2. The molecule has 0 unspecified atom stereocenters. The SMILES string of the molecule is [CH2]n1nccc1C(=O)O. The van der Waals surface area contributed by atoms with E-state index in [1.165, 1.54) is 12.3 Å². The molecule has 1 N–H and O–H groups in total. The minimum atomic E-state index is -1.01. The summed E-state index contributed by atoms with van der Waals surface area (Å²) in [4.78, 5) is 10.2. The van der Waals surface area contributed by atoms with Gasteiger partial charge in [0, 0.05) is 6.20 Å². The molecule has 4 heteroatoms. The van der Waals surface area contributed by atoms with Crippen LogP contribution in [0.2, 0.25) is 0 Å². The summed E-state index contributed by atoms with van der Waals surface area (Å²) in [6.45, 7) is 0. The zero-order chi connectivity index (χ0) is 6.85. The van der Waals surface area contributed by atoms with Crippen LogP contribution in [0.4, 0.5) is 0 Å². The molecule has 1 aromatic rings. The summed E-state index contributed by atoms with van der Waals surface area (Å²) in [5.41, 5.74) is 0.0926. The topological polar surface area (TPSA) is 55.1 Å². The van der Waals surface area contributed by atoms with Gasteiger partial charge in [-0.25, -0.2) is 4.79 Å². The first-order chi connectivity index (χ1) is 4.22. The third kappa shape index (κ3) is 0.910. The van der Waals surface area contributed by atoms with Gasteiger partial charge in [0.15, 0.2) is 0 Å². The van der Waals surface area contributed by atoms with E-state index in [0.717, 1.165) is 4.68 Å². The van der Waals surface area contributed by atoms with Crippen molar-refractivity contribution in [3.05, 3.63) is 25.0 Å². The molecule has 4 nitrogen and oxygen atoms in total. The maximum atomic E-state index is 10.2. The van der Waals surface area contributed by atoms with Crippen molar-refractivity contribution in [3.8, 4) is 0 Å². The van der Waals surface area contributed by atoms with Gasteiger partial charge in [0.25, 0.3) is 0 Å². The molecule has 0 saturated heterocycles. The molecule has 47 valence electrons. The predicted molar refractivity (Wildman–Crippen MR) is 29.9 cm³/mol. The Morgan fingerprint density at radius 3 is 2.78 bits per heavy atom. The molecule has 0 aliphatic heterocycles. The second kappa shape index (κ2) is 1.89. The highest BCUT2D eigenvalue weighted by atomic mass is 16.4. The van der Waals surface area contributed by atoms with Crippen molar-refractivity contribution in [2.45, 2.75) is 0 Å². The van der Waals surface area contributed by atoms with Gasteiger partial charge in [0.2, 0.25) is 0 Å². The van der Waals surface area contributed by atoms with Gasteiger partial charge in [-0.05, 0) is 6.07 Å². The Hall–Kier alpha value is -1.32. The first-order valence-electron chi connectivity index (χ1n) is 2.30. The largest absolute Gasteiger partial charge is 0.477 e. The molecule has 0 saturated carbocycles. The molecule has 1 heterocycles. The second-order valence-electron chi connectivity index (χ2n) is 1.52. The van der Waals surface area contributed by atoms with Crippen LogP contribution in [0.3, 0.4) is 0 Å². The molecule has 0 atom stereocenters. The van der Waals surface area contributed by atoms with E-state index in [1.54, 1.807) is 0 Å². The number of carboxylic acids is 1. The number of aromatic carboxylic acids is 1. The van der Waals surface area contributed by atoms with Crippen molar-refractivity contribution in [3.63, 3.8) is 0 Å². The summed E-state index contributed by atoms with van der Waals surface area (Å²) in [5.74, 6) is -1.01. The molecule has 0 aromatic carbocycles. The number of aromatic nitrogens is 2. The smallest absolute Gasteiger partial charge is 0.354 e. The lowest BCUT2D eigenvalue weighted by Gasteiger charge is -1.90. The number of rotatable bonds is 1. The quantitative estimate of drug-likeness (QED) is 0.584. The lowest BCUT2D eigenvalue weighted by atomic mass is 10.4. The van der Waals surface area contributed by atoms with Crippen molar-refractivity contribution in [1.82, 2.24) is 9.78 Å². The third-order valence-corrected chi connectivity index (χ3v) is 0.936. The van der Waals surface area contributed by atoms with Crippen LogP contribution in [0.15, 0.2) is 12.3 Å². The molecule has 1 aromatic heterocycles. The highest BCUT2D eigenvalue weighted by Crippen LogP contribution is 1.94. The van der Waals surface area contributed by atoms with E-state index in [2.05, 4.69) is 12.1 Å². The van der Waals surface area contributed by atoms with Crippen molar-refractivity contribution in [2.24, 2.45) is 0 Å². The average molecular weight is 125 g/mol. The summed E-state index contributed by atoms with van der Waals surface area (Å²) >= 11 is 0. The number of nitrogens with zero attached hydrogens (tertiary/aromatic N) is 2. The first kappa shape index (κ1) is 5.81. The Morgan fingerprint density at radius 2 is 2.56 bits per heavy atom. The summed E-state index contributed by atoms with van der Waals surface area (Å²) in [6, 6.07) is 1.38. The van der Waals surface area contributed by atoms with Crippen LogP contribution in [0.25, 0.3) is 0 Å². The molecule has 0 aliphatic carbocycles. The van der Waals surface area contributed by atoms with Gasteiger partial charge in [-0.1, -0.05) is 0 Å². The van der Waals surface area contributed by atoms with E-state index < -0.39 is 5.97 Å². The van der Waals surface area contributed by atoms with E-state index in [1.807, 2.05) is 0 Å². The van der Waals surface area contributed by atoms with Crippen molar-refractivity contribution in [2.75, 3.05) is 0 Å². The fraction of sp³-hybridized carbons (Fsp3) is 0. The van der Waals surface area contributed by atoms with E-state index >= 15 is 0 Å². The summed E-state index contributed by atoms with van der Waals surface area (Å²) in [7, 11) is 3.33. The second-order valence-corrected chi connectivity index (χ2v) is 1.52. The predicted octanol–water partition coefficient (Wildman–Crippen LogP) is 0.221. The molecule has 0 aliphatic rings. The summed E-state index contributed by atoms with van der Waals surface area (Å²) < 4.78 is 1.06. The van der Waals surface area contributed by atoms with Crippen LogP contribution >= 0.6 is 0 Å². The number of carbonyl (C=O) groups is 1. The van der Waals surface area contributed by atoms with Crippen molar-refractivity contribution < 1.29 is 9.90 Å². The van der Waals surface area contributed by atoms with E-state index in [4.69, 9.17) is 5.11 Å². The van der Waals surface area contributed by atoms with E-state index in [9.17, 15) is 4.79 Å². The van der Waals surface area contributed by atoms with Gasteiger partial charge in [0.1, 0.15) is 5.69 Å².